The molecule has 1 saturated carbocycles. The largest absolute Gasteiger partial charge is 0.451 e. The summed E-state index contributed by atoms with van der Waals surface area (Å²) < 4.78 is 20.1. The van der Waals surface area contributed by atoms with Gasteiger partial charge in [0.1, 0.15) is 17.8 Å². The molecule has 0 unspecified atom stereocenters. The quantitative estimate of drug-likeness (QED) is 0.689. The third-order valence-electron chi connectivity index (χ3n) is 5.04. The second-order valence-electron chi connectivity index (χ2n) is 6.98. The van der Waals surface area contributed by atoms with E-state index in [0.29, 0.717) is 37.2 Å². The Morgan fingerprint density at radius 2 is 1.93 bits per heavy atom. The number of oxazole rings is 1. The van der Waals surface area contributed by atoms with E-state index in [2.05, 4.69) is 20.7 Å². The second-order valence-corrected chi connectivity index (χ2v) is 6.98. The minimum atomic E-state index is -0.389. The average molecular weight is 397 g/mol. The summed E-state index contributed by atoms with van der Waals surface area (Å²) in [4.78, 5) is 28.4. The smallest absolute Gasteiger partial charge is 0.273 e. The molecule has 29 heavy (non-hydrogen) atoms. The summed E-state index contributed by atoms with van der Waals surface area (Å²) >= 11 is 0. The zero-order valence-electron chi connectivity index (χ0n) is 15.5. The van der Waals surface area contributed by atoms with Crippen LogP contribution in [-0.2, 0) is 4.79 Å². The summed E-state index contributed by atoms with van der Waals surface area (Å²) in [7, 11) is 0. The molecular weight excluding hydrogens is 377 g/mol. The third kappa shape index (κ3) is 4.34. The molecule has 3 aromatic rings. The van der Waals surface area contributed by atoms with Gasteiger partial charge in [-0.25, -0.2) is 14.1 Å². The van der Waals surface area contributed by atoms with Crippen molar-refractivity contribution in [3.8, 4) is 5.69 Å². The summed E-state index contributed by atoms with van der Waals surface area (Å²) in [6, 6.07) is 7.93. The number of rotatable bonds is 5. The lowest BCUT2D eigenvalue weighted by Gasteiger charge is -2.27. The standard InChI is InChI=1S/C20H20FN5O3/c21-15-3-1-2-4-17(15)26-10-9-18(25-26)24-19(27)13-5-7-14(8-6-13)23-20(28)16-11-29-12-22-16/h1-4,9-14H,5-8H2,(H,23,28)(H,24,25,27)/t13-,14+. The van der Waals surface area contributed by atoms with Crippen molar-refractivity contribution in [2.24, 2.45) is 5.92 Å². The van der Waals surface area contributed by atoms with Crippen molar-refractivity contribution in [2.75, 3.05) is 5.32 Å². The molecule has 2 N–H and O–H groups in total. The number of nitrogens with zero attached hydrogens (tertiary/aromatic N) is 3. The predicted molar refractivity (Wildman–Crippen MR) is 102 cm³/mol. The molecule has 2 amide bonds. The molecular formula is C20H20FN5O3. The molecule has 1 aromatic carbocycles. The lowest BCUT2D eigenvalue weighted by molar-refractivity contribution is -0.120. The van der Waals surface area contributed by atoms with Crippen LogP contribution in [0.1, 0.15) is 36.2 Å². The molecule has 1 fully saturated rings. The summed E-state index contributed by atoms with van der Waals surface area (Å²) in [5.41, 5.74) is 0.562. The topological polar surface area (TPSA) is 102 Å². The molecule has 0 saturated heterocycles. The highest BCUT2D eigenvalue weighted by Gasteiger charge is 2.28. The van der Waals surface area contributed by atoms with E-state index in [9.17, 15) is 14.0 Å². The molecule has 0 aliphatic heterocycles. The molecule has 0 radical (unpaired) electrons. The number of nitrogens with one attached hydrogen (secondary N) is 2. The Morgan fingerprint density at radius 1 is 1.14 bits per heavy atom. The Labute approximate surface area is 166 Å². The highest BCUT2D eigenvalue weighted by molar-refractivity contribution is 5.92. The SMILES string of the molecule is O=C(N[C@H]1CC[C@@H](C(=O)Nc2ccn(-c3ccccc3F)n2)CC1)c1cocn1. The van der Waals surface area contributed by atoms with Crippen molar-refractivity contribution in [1.29, 1.82) is 0 Å². The Morgan fingerprint density at radius 3 is 2.66 bits per heavy atom. The Kier molecular flexibility index (Phi) is 5.37. The first-order valence-electron chi connectivity index (χ1n) is 9.40. The van der Waals surface area contributed by atoms with Crippen LogP contribution in [0.25, 0.3) is 5.69 Å². The fourth-order valence-corrected chi connectivity index (χ4v) is 3.47. The Bertz CT molecular complexity index is 993. The van der Waals surface area contributed by atoms with Crippen molar-refractivity contribution in [2.45, 2.75) is 31.7 Å². The molecule has 0 bridgehead atoms. The van der Waals surface area contributed by atoms with Crippen LogP contribution in [0.3, 0.4) is 0 Å². The average Bonchev–Trinajstić information content (AvgIpc) is 3.41. The van der Waals surface area contributed by atoms with Gasteiger partial charge in [-0.1, -0.05) is 12.1 Å². The van der Waals surface area contributed by atoms with Crippen LogP contribution in [0.4, 0.5) is 10.2 Å². The molecule has 1 aliphatic rings. The zero-order valence-corrected chi connectivity index (χ0v) is 15.5. The number of halogens is 1. The zero-order chi connectivity index (χ0) is 20.2. The van der Waals surface area contributed by atoms with Gasteiger partial charge in [-0.05, 0) is 37.8 Å². The number of anilines is 1. The summed E-state index contributed by atoms with van der Waals surface area (Å²) in [5.74, 6) is -0.566. The van der Waals surface area contributed by atoms with Gasteiger partial charge in [0.2, 0.25) is 5.91 Å². The molecule has 150 valence electrons. The van der Waals surface area contributed by atoms with E-state index < -0.39 is 0 Å². The van der Waals surface area contributed by atoms with E-state index in [0.717, 1.165) is 0 Å². The van der Waals surface area contributed by atoms with Crippen LogP contribution in [0.15, 0.2) is 53.6 Å². The predicted octanol–water partition coefficient (Wildman–Crippen LogP) is 2.93. The van der Waals surface area contributed by atoms with E-state index in [1.165, 1.54) is 23.4 Å². The molecule has 4 rings (SSSR count). The molecule has 9 heteroatoms. The fourth-order valence-electron chi connectivity index (χ4n) is 3.47. The van der Waals surface area contributed by atoms with Crippen LogP contribution in [0.5, 0.6) is 0 Å². The van der Waals surface area contributed by atoms with Gasteiger partial charge in [0, 0.05) is 24.2 Å². The Balaban J connectivity index is 1.29. The third-order valence-corrected chi connectivity index (χ3v) is 5.04. The first kappa shape index (κ1) is 18.9. The Hall–Kier alpha value is -3.49. The monoisotopic (exact) mass is 397 g/mol. The lowest BCUT2D eigenvalue weighted by atomic mass is 9.85. The molecule has 0 spiro atoms. The minimum absolute atomic E-state index is 0.00325. The minimum Gasteiger partial charge on any atom is -0.451 e. The fraction of sp³-hybridized carbons (Fsp3) is 0.300. The van der Waals surface area contributed by atoms with Crippen molar-refractivity contribution in [1.82, 2.24) is 20.1 Å². The van der Waals surface area contributed by atoms with Gasteiger partial charge in [0.15, 0.2) is 17.9 Å². The summed E-state index contributed by atoms with van der Waals surface area (Å²) in [6.07, 6.45) is 6.83. The van der Waals surface area contributed by atoms with E-state index in [1.54, 1.807) is 30.5 Å². The number of hydrogen-bond acceptors (Lipinski definition) is 5. The van der Waals surface area contributed by atoms with Gasteiger partial charge in [0.05, 0.1) is 0 Å². The van der Waals surface area contributed by atoms with Gasteiger partial charge < -0.3 is 15.1 Å². The van der Waals surface area contributed by atoms with Crippen LogP contribution in [0.2, 0.25) is 0 Å². The van der Waals surface area contributed by atoms with Crippen molar-refractivity contribution >= 4 is 17.6 Å². The van der Waals surface area contributed by atoms with Gasteiger partial charge in [-0.15, -0.1) is 5.10 Å². The maximum atomic E-state index is 13.9. The van der Waals surface area contributed by atoms with Crippen molar-refractivity contribution < 1.29 is 18.4 Å². The van der Waals surface area contributed by atoms with Crippen molar-refractivity contribution in [3.63, 3.8) is 0 Å². The van der Waals surface area contributed by atoms with Gasteiger partial charge in [-0.3, -0.25) is 9.59 Å². The van der Waals surface area contributed by atoms with Gasteiger partial charge in [-0.2, -0.15) is 0 Å². The number of carbonyl (C=O) groups excluding carboxylic acids is 2. The van der Waals surface area contributed by atoms with Gasteiger partial charge in [0.25, 0.3) is 5.91 Å². The maximum Gasteiger partial charge on any atom is 0.273 e. The number of para-hydroxylation sites is 1. The lowest BCUT2D eigenvalue weighted by Crippen LogP contribution is -2.39. The number of carbonyl (C=O) groups is 2. The van der Waals surface area contributed by atoms with Crippen LogP contribution < -0.4 is 10.6 Å². The maximum absolute atomic E-state index is 13.9. The first-order valence-corrected chi connectivity index (χ1v) is 9.40. The van der Waals surface area contributed by atoms with Crippen molar-refractivity contribution in [3.05, 3.63) is 60.7 Å². The van der Waals surface area contributed by atoms with E-state index in [-0.39, 0.29) is 35.3 Å². The molecule has 8 nitrogen and oxygen atoms in total. The highest BCUT2D eigenvalue weighted by atomic mass is 19.1. The number of aromatic nitrogens is 3. The highest BCUT2D eigenvalue weighted by Crippen LogP contribution is 2.26. The van der Waals surface area contributed by atoms with E-state index in [1.807, 2.05) is 0 Å². The molecule has 0 atom stereocenters. The molecule has 2 aromatic heterocycles. The summed E-state index contributed by atoms with van der Waals surface area (Å²) in [6.45, 7) is 0. The number of hydrogen-bond donors (Lipinski definition) is 2. The summed E-state index contributed by atoms with van der Waals surface area (Å²) in [5, 5.41) is 9.94. The van der Waals surface area contributed by atoms with Gasteiger partial charge >= 0.3 is 0 Å². The normalized spacial score (nSPS) is 18.9. The van der Waals surface area contributed by atoms with Crippen LogP contribution in [-0.4, -0.2) is 32.6 Å². The molecule has 1 aliphatic carbocycles. The van der Waals surface area contributed by atoms with Crippen LogP contribution >= 0.6 is 0 Å². The number of benzene rings is 1. The van der Waals surface area contributed by atoms with E-state index >= 15 is 0 Å². The molecule has 2 heterocycles. The first-order chi connectivity index (χ1) is 14.1. The van der Waals surface area contributed by atoms with E-state index in [4.69, 9.17) is 4.42 Å². The second kappa shape index (κ2) is 8.26. The number of amides is 2. The van der Waals surface area contributed by atoms with Crippen LogP contribution in [0, 0.1) is 11.7 Å².